The smallest absolute Gasteiger partial charge is 0.329 e. The van der Waals surface area contributed by atoms with E-state index >= 15 is 0 Å². The van der Waals surface area contributed by atoms with Crippen LogP contribution < -0.4 is 14.8 Å². The van der Waals surface area contributed by atoms with Crippen LogP contribution in [0.25, 0.3) is 6.08 Å². The number of hydrogen-bond donors (Lipinski definition) is 1. The number of nitrogens with one attached hydrogen (secondary N) is 1. The summed E-state index contributed by atoms with van der Waals surface area (Å²) in [5.41, 5.74) is 2.12. The second-order valence-electron chi connectivity index (χ2n) is 7.79. The fraction of sp³-hybridized carbons (Fsp3) is 0.148. The van der Waals surface area contributed by atoms with Gasteiger partial charge in [0.05, 0.1) is 29.3 Å². The minimum absolute atomic E-state index is 0.0577. The number of nitriles is 1. The van der Waals surface area contributed by atoms with E-state index in [0.29, 0.717) is 33.7 Å². The third-order valence-corrected chi connectivity index (χ3v) is 5.99. The SMILES string of the molecule is CCOc1cc(/C=C2/NC(=O)N(Cc3ccccc3F)C2=O)cc(Br)c1OCc1ccccc1C#N. The molecule has 0 saturated carbocycles. The summed E-state index contributed by atoms with van der Waals surface area (Å²) in [6.07, 6.45) is 1.52. The maximum absolute atomic E-state index is 14.0. The summed E-state index contributed by atoms with van der Waals surface area (Å²) in [6, 6.07) is 18.1. The molecule has 3 aromatic carbocycles. The monoisotopic (exact) mass is 549 g/mol. The molecule has 0 bridgehead atoms. The molecule has 0 atom stereocenters. The molecule has 1 aliphatic heterocycles. The Kier molecular flexibility index (Phi) is 7.66. The van der Waals surface area contributed by atoms with Crippen molar-refractivity contribution in [3.8, 4) is 17.6 Å². The van der Waals surface area contributed by atoms with Gasteiger partial charge >= 0.3 is 6.03 Å². The molecular formula is C27H21BrFN3O4. The van der Waals surface area contributed by atoms with Gasteiger partial charge in [0.1, 0.15) is 18.1 Å². The number of urea groups is 1. The summed E-state index contributed by atoms with van der Waals surface area (Å²) in [4.78, 5) is 26.2. The first-order chi connectivity index (χ1) is 17.4. The number of hydrogen-bond acceptors (Lipinski definition) is 5. The first-order valence-electron chi connectivity index (χ1n) is 11.1. The second kappa shape index (κ2) is 11.1. The quantitative estimate of drug-likeness (QED) is 0.294. The molecule has 0 radical (unpaired) electrons. The number of ether oxygens (including phenoxy) is 2. The Bertz CT molecular complexity index is 1400. The highest BCUT2D eigenvalue weighted by Gasteiger charge is 2.34. The highest BCUT2D eigenvalue weighted by molar-refractivity contribution is 9.10. The highest BCUT2D eigenvalue weighted by atomic mass is 79.9. The van der Waals surface area contributed by atoms with Crippen LogP contribution in [0.2, 0.25) is 0 Å². The highest BCUT2D eigenvalue weighted by Crippen LogP contribution is 2.38. The van der Waals surface area contributed by atoms with E-state index in [-0.39, 0.29) is 24.4 Å². The Balaban J connectivity index is 1.57. The van der Waals surface area contributed by atoms with Gasteiger partial charge in [-0.15, -0.1) is 0 Å². The third kappa shape index (κ3) is 5.39. The maximum Gasteiger partial charge on any atom is 0.329 e. The first-order valence-corrected chi connectivity index (χ1v) is 11.9. The van der Waals surface area contributed by atoms with E-state index in [9.17, 15) is 19.2 Å². The molecule has 182 valence electrons. The molecule has 1 fully saturated rings. The maximum atomic E-state index is 14.0. The summed E-state index contributed by atoms with van der Waals surface area (Å²) in [5.74, 6) is -0.192. The Morgan fingerprint density at radius 3 is 2.53 bits per heavy atom. The largest absolute Gasteiger partial charge is 0.490 e. The van der Waals surface area contributed by atoms with Crippen molar-refractivity contribution in [1.82, 2.24) is 10.2 Å². The number of carbonyl (C=O) groups excluding carboxylic acids is 2. The van der Waals surface area contributed by atoms with Crippen LogP contribution in [0.5, 0.6) is 11.5 Å². The van der Waals surface area contributed by atoms with E-state index in [1.54, 1.807) is 36.4 Å². The lowest BCUT2D eigenvalue weighted by Gasteiger charge is -2.15. The van der Waals surface area contributed by atoms with E-state index in [2.05, 4.69) is 27.3 Å². The van der Waals surface area contributed by atoms with Gasteiger partial charge < -0.3 is 14.8 Å². The van der Waals surface area contributed by atoms with Crippen molar-refractivity contribution in [3.05, 3.63) is 98.9 Å². The molecule has 1 saturated heterocycles. The Morgan fingerprint density at radius 1 is 1.08 bits per heavy atom. The summed E-state index contributed by atoms with van der Waals surface area (Å²) < 4.78 is 26.3. The zero-order valence-corrected chi connectivity index (χ0v) is 20.8. The number of carbonyl (C=O) groups is 2. The van der Waals surface area contributed by atoms with Gasteiger partial charge in [-0.2, -0.15) is 5.26 Å². The van der Waals surface area contributed by atoms with Gasteiger partial charge in [0.25, 0.3) is 5.91 Å². The lowest BCUT2D eigenvalue weighted by Crippen LogP contribution is -2.30. The van der Waals surface area contributed by atoms with Crippen molar-refractivity contribution >= 4 is 33.9 Å². The van der Waals surface area contributed by atoms with Crippen molar-refractivity contribution < 1.29 is 23.5 Å². The van der Waals surface area contributed by atoms with Gasteiger partial charge in [0.15, 0.2) is 11.5 Å². The number of nitrogens with zero attached hydrogens (tertiary/aromatic N) is 2. The normalized spacial score (nSPS) is 14.1. The van der Waals surface area contributed by atoms with Gasteiger partial charge in [-0.05, 0) is 58.8 Å². The topological polar surface area (TPSA) is 91.7 Å². The minimum Gasteiger partial charge on any atom is -0.490 e. The molecule has 0 aliphatic carbocycles. The predicted octanol–water partition coefficient (Wildman–Crippen LogP) is 5.53. The van der Waals surface area contributed by atoms with Gasteiger partial charge in [0.2, 0.25) is 0 Å². The summed E-state index contributed by atoms with van der Waals surface area (Å²) in [5, 5.41) is 11.9. The van der Waals surface area contributed by atoms with Gasteiger partial charge in [-0.25, -0.2) is 9.18 Å². The van der Waals surface area contributed by atoms with Gasteiger partial charge in [-0.3, -0.25) is 9.69 Å². The van der Waals surface area contributed by atoms with E-state index in [1.807, 2.05) is 19.1 Å². The molecular weight excluding hydrogens is 529 g/mol. The number of rotatable bonds is 8. The zero-order valence-electron chi connectivity index (χ0n) is 19.3. The lowest BCUT2D eigenvalue weighted by atomic mass is 10.1. The number of amides is 3. The fourth-order valence-corrected chi connectivity index (χ4v) is 4.23. The third-order valence-electron chi connectivity index (χ3n) is 5.40. The fourth-order valence-electron chi connectivity index (χ4n) is 3.66. The van der Waals surface area contributed by atoms with E-state index in [4.69, 9.17) is 9.47 Å². The standard InChI is InChI=1S/C27H21BrFN3O4/c1-2-35-24-13-17(11-21(28)25(24)36-16-20-9-4-3-7-18(20)14-30)12-23-26(33)32(27(34)31-23)15-19-8-5-6-10-22(19)29/h3-13H,2,15-16H2,1H3,(H,31,34)/b23-12+. The Morgan fingerprint density at radius 2 is 1.81 bits per heavy atom. The van der Waals surface area contributed by atoms with Crippen LogP contribution >= 0.6 is 15.9 Å². The lowest BCUT2D eigenvalue weighted by molar-refractivity contribution is -0.123. The molecule has 1 heterocycles. The molecule has 7 nitrogen and oxygen atoms in total. The number of imide groups is 1. The molecule has 1 N–H and O–H groups in total. The summed E-state index contributed by atoms with van der Waals surface area (Å²) in [7, 11) is 0. The molecule has 3 amide bonds. The average molecular weight is 550 g/mol. The van der Waals surface area contributed by atoms with Crippen LogP contribution in [0.15, 0.2) is 70.8 Å². The number of halogens is 2. The summed E-state index contributed by atoms with van der Waals surface area (Å²) in [6.45, 7) is 2.17. The van der Waals surface area contributed by atoms with E-state index in [1.165, 1.54) is 18.2 Å². The molecule has 3 aromatic rings. The molecule has 1 aliphatic rings. The zero-order chi connectivity index (χ0) is 25.7. The van der Waals surface area contributed by atoms with Crippen LogP contribution in [-0.4, -0.2) is 23.4 Å². The van der Waals surface area contributed by atoms with Crippen molar-refractivity contribution in [3.63, 3.8) is 0 Å². The van der Waals surface area contributed by atoms with Crippen LogP contribution in [0.4, 0.5) is 9.18 Å². The van der Waals surface area contributed by atoms with E-state index < -0.39 is 17.8 Å². The Labute approximate surface area is 215 Å². The molecule has 4 rings (SSSR count). The Hall–Kier alpha value is -4.16. The van der Waals surface area contributed by atoms with Crippen LogP contribution in [-0.2, 0) is 17.9 Å². The van der Waals surface area contributed by atoms with Crippen molar-refractivity contribution in [1.29, 1.82) is 5.26 Å². The predicted molar refractivity (Wildman–Crippen MR) is 134 cm³/mol. The van der Waals surface area contributed by atoms with Crippen LogP contribution in [0.1, 0.15) is 29.2 Å². The number of benzene rings is 3. The van der Waals surface area contributed by atoms with Crippen molar-refractivity contribution in [2.45, 2.75) is 20.1 Å². The molecule has 0 unspecified atom stereocenters. The van der Waals surface area contributed by atoms with Crippen molar-refractivity contribution in [2.75, 3.05) is 6.61 Å². The van der Waals surface area contributed by atoms with E-state index in [0.717, 1.165) is 10.5 Å². The van der Waals surface area contributed by atoms with Crippen LogP contribution in [0, 0.1) is 17.1 Å². The summed E-state index contributed by atoms with van der Waals surface area (Å²) >= 11 is 3.49. The molecule has 0 aromatic heterocycles. The molecule has 9 heteroatoms. The minimum atomic E-state index is -0.630. The average Bonchev–Trinajstić information content (AvgIpc) is 3.12. The molecule has 0 spiro atoms. The van der Waals surface area contributed by atoms with Gasteiger partial charge in [-0.1, -0.05) is 36.4 Å². The first kappa shape index (κ1) is 24.9. The van der Waals surface area contributed by atoms with Crippen LogP contribution in [0.3, 0.4) is 0 Å². The van der Waals surface area contributed by atoms with Gasteiger partial charge in [0, 0.05) is 11.1 Å². The molecule has 36 heavy (non-hydrogen) atoms. The second-order valence-corrected chi connectivity index (χ2v) is 8.65. The van der Waals surface area contributed by atoms with Crippen molar-refractivity contribution in [2.24, 2.45) is 0 Å².